The molecule has 1 rings (SSSR count). The molecule has 0 amide bonds. The van der Waals surface area contributed by atoms with Crippen molar-refractivity contribution in [1.82, 2.24) is 0 Å². The maximum Gasteiger partial charge on any atom is 2.00 e. The molecule has 0 aliphatic heterocycles. The van der Waals surface area contributed by atoms with Crippen LogP contribution in [-0.2, 0) is 17.1 Å². The molecule has 0 bridgehead atoms. The summed E-state index contributed by atoms with van der Waals surface area (Å²) in [6, 6.07) is 0. The van der Waals surface area contributed by atoms with Crippen LogP contribution in [0, 0.1) is 32.1 Å². The van der Waals surface area contributed by atoms with Crippen LogP contribution in [0.3, 0.4) is 0 Å². The number of hydrogen-bond donors (Lipinski definition) is 0. The molecular weight excluding hydrogens is 151 g/mol. The van der Waals surface area contributed by atoms with Gasteiger partial charge in [-0.2, -0.15) is 0 Å². The zero-order valence-electron chi connectivity index (χ0n) is 3.62. The van der Waals surface area contributed by atoms with Crippen molar-refractivity contribution in [3.05, 3.63) is 32.1 Å². The Labute approximate surface area is 61.9 Å². The summed E-state index contributed by atoms with van der Waals surface area (Å²) < 4.78 is 0. The first kappa shape index (κ1) is 10.7. The molecule has 0 aromatic rings. The van der Waals surface area contributed by atoms with Gasteiger partial charge in [0.1, 0.15) is 0 Å². The minimum atomic E-state index is 0. The Morgan fingerprint density at radius 2 is 0.714 bits per heavy atom. The molecular formula is C5H5ClFe+. The largest absolute Gasteiger partial charge is 2.00 e. The Morgan fingerprint density at radius 3 is 0.857 bits per heavy atom. The average Bonchev–Trinajstić information content (AvgIpc) is 1.76. The van der Waals surface area contributed by atoms with E-state index in [1.165, 1.54) is 0 Å². The first-order valence-corrected chi connectivity index (χ1v) is 1.67. The van der Waals surface area contributed by atoms with Crippen LogP contribution in [0.2, 0.25) is 0 Å². The Bertz CT molecular complexity index is 19.7. The summed E-state index contributed by atoms with van der Waals surface area (Å²) in [5.74, 6) is 0. The van der Waals surface area contributed by atoms with Crippen LogP contribution in [0.25, 0.3) is 0 Å². The van der Waals surface area contributed by atoms with Gasteiger partial charge in [-0.1, -0.05) is 0 Å². The van der Waals surface area contributed by atoms with Gasteiger partial charge < -0.3 is 12.4 Å². The van der Waals surface area contributed by atoms with Crippen molar-refractivity contribution < 1.29 is 29.5 Å². The maximum atomic E-state index is 2.00. The van der Waals surface area contributed by atoms with Gasteiger partial charge in [-0.25, -0.2) is 0 Å². The minimum Gasteiger partial charge on any atom is -1.00 e. The first-order chi connectivity index (χ1) is 2.50. The van der Waals surface area contributed by atoms with Crippen LogP contribution >= 0.6 is 0 Å². The van der Waals surface area contributed by atoms with Gasteiger partial charge in [0.05, 0.1) is 0 Å². The molecule has 0 aromatic heterocycles. The van der Waals surface area contributed by atoms with E-state index in [1.807, 2.05) is 32.1 Å². The van der Waals surface area contributed by atoms with Crippen LogP contribution in [0.15, 0.2) is 0 Å². The molecule has 0 aromatic carbocycles. The molecule has 1 saturated carbocycles. The van der Waals surface area contributed by atoms with Crippen LogP contribution in [0.5, 0.6) is 0 Å². The van der Waals surface area contributed by atoms with Crippen molar-refractivity contribution in [2.24, 2.45) is 0 Å². The molecule has 0 spiro atoms. The molecule has 0 unspecified atom stereocenters. The summed E-state index contributed by atoms with van der Waals surface area (Å²) in [6.45, 7) is 0. The fraction of sp³-hybridized carbons (Fsp3) is 0. The van der Waals surface area contributed by atoms with Crippen molar-refractivity contribution >= 4 is 0 Å². The van der Waals surface area contributed by atoms with Crippen molar-refractivity contribution in [2.45, 2.75) is 0 Å². The monoisotopic (exact) mass is 156 g/mol. The second kappa shape index (κ2) is 6.81. The van der Waals surface area contributed by atoms with Gasteiger partial charge in [0.25, 0.3) is 0 Å². The maximum absolute atomic E-state index is 2.00. The van der Waals surface area contributed by atoms with Gasteiger partial charge in [-0.15, -0.1) is 0 Å². The number of hydrogen-bond acceptors (Lipinski definition) is 0. The van der Waals surface area contributed by atoms with E-state index in [0.717, 1.165) is 0 Å². The minimum absolute atomic E-state index is 0. The fourth-order valence-corrected chi connectivity index (χ4v) is 0.321. The van der Waals surface area contributed by atoms with Crippen LogP contribution < -0.4 is 12.4 Å². The summed E-state index contributed by atoms with van der Waals surface area (Å²) in [6.07, 6.45) is 10.0. The van der Waals surface area contributed by atoms with E-state index in [-0.39, 0.29) is 29.5 Å². The van der Waals surface area contributed by atoms with Gasteiger partial charge in [0.15, 0.2) is 0 Å². The van der Waals surface area contributed by atoms with Gasteiger partial charge in [0.2, 0.25) is 0 Å². The van der Waals surface area contributed by atoms with Crippen LogP contribution in [0.4, 0.5) is 0 Å². The molecule has 0 heterocycles. The topological polar surface area (TPSA) is 0 Å². The van der Waals surface area contributed by atoms with E-state index < -0.39 is 0 Å². The van der Waals surface area contributed by atoms with Crippen LogP contribution in [-0.4, -0.2) is 0 Å². The van der Waals surface area contributed by atoms with Gasteiger partial charge >= 0.3 is 17.1 Å². The third kappa shape index (κ3) is 4.67. The summed E-state index contributed by atoms with van der Waals surface area (Å²) in [7, 11) is 0. The van der Waals surface area contributed by atoms with E-state index in [1.54, 1.807) is 0 Å². The normalized spacial score (nSPS) is 17.1. The predicted octanol–water partition coefficient (Wildman–Crippen LogP) is -1.98. The molecule has 5 radical (unpaired) electrons. The second-order valence-electron chi connectivity index (χ2n) is 0.962. The predicted molar refractivity (Wildman–Crippen MR) is 21.5 cm³/mol. The van der Waals surface area contributed by atoms with Gasteiger partial charge in [-0.05, 0) is 32.1 Å². The van der Waals surface area contributed by atoms with Crippen molar-refractivity contribution in [2.75, 3.05) is 0 Å². The molecule has 1 aliphatic rings. The number of halogens is 1. The van der Waals surface area contributed by atoms with Crippen molar-refractivity contribution in [1.29, 1.82) is 0 Å². The SMILES string of the molecule is [CH]1[CH][CH][CH][CH]1.[Cl-].[Fe+2]. The Hall–Kier alpha value is 0.809. The smallest absolute Gasteiger partial charge is 1.00 e. The summed E-state index contributed by atoms with van der Waals surface area (Å²) in [5, 5.41) is 0. The molecule has 0 atom stereocenters. The summed E-state index contributed by atoms with van der Waals surface area (Å²) in [4.78, 5) is 0. The number of rotatable bonds is 0. The molecule has 0 saturated heterocycles. The average molecular weight is 156 g/mol. The Morgan fingerprint density at radius 1 is 0.571 bits per heavy atom. The van der Waals surface area contributed by atoms with E-state index in [9.17, 15) is 0 Å². The molecule has 1 fully saturated rings. The van der Waals surface area contributed by atoms with E-state index in [4.69, 9.17) is 0 Å². The van der Waals surface area contributed by atoms with Crippen molar-refractivity contribution in [3.63, 3.8) is 0 Å². The van der Waals surface area contributed by atoms with Gasteiger partial charge in [-0.3, -0.25) is 0 Å². The molecule has 0 nitrogen and oxygen atoms in total. The van der Waals surface area contributed by atoms with E-state index in [0.29, 0.717) is 0 Å². The molecule has 2 heteroatoms. The second-order valence-corrected chi connectivity index (χ2v) is 0.962. The third-order valence-corrected chi connectivity index (χ3v) is 0.556. The molecule has 0 N–H and O–H groups in total. The quantitative estimate of drug-likeness (QED) is 0.357. The Balaban J connectivity index is 0. The summed E-state index contributed by atoms with van der Waals surface area (Å²) >= 11 is 0. The summed E-state index contributed by atoms with van der Waals surface area (Å²) in [5.41, 5.74) is 0. The molecule has 1 aliphatic carbocycles. The van der Waals surface area contributed by atoms with Crippen LogP contribution in [0.1, 0.15) is 0 Å². The third-order valence-electron chi connectivity index (χ3n) is 0.556. The fourth-order valence-electron chi connectivity index (χ4n) is 0.321. The molecule has 7 heavy (non-hydrogen) atoms. The Kier molecular flexibility index (Phi) is 10.4. The van der Waals surface area contributed by atoms with Gasteiger partial charge in [0, 0.05) is 0 Å². The molecule has 39 valence electrons. The van der Waals surface area contributed by atoms with E-state index in [2.05, 4.69) is 0 Å². The first-order valence-electron chi connectivity index (χ1n) is 1.67. The van der Waals surface area contributed by atoms with E-state index >= 15 is 0 Å². The zero-order chi connectivity index (χ0) is 3.54. The van der Waals surface area contributed by atoms with Crippen molar-refractivity contribution in [3.8, 4) is 0 Å². The standard InChI is InChI=1S/C5H5.ClH.Fe/c1-2-4-5-3-1;;/h1-5H;1H;/q;;+2/p-1. The zero-order valence-corrected chi connectivity index (χ0v) is 5.48.